The van der Waals surface area contributed by atoms with E-state index >= 15 is 0 Å². The number of hydrogen-bond acceptors (Lipinski definition) is 8. The number of hydrogen-bond donors (Lipinski definition) is 3. The van der Waals surface area contributed by atoms with Crippen molar-refractivity contribution in [2.45, 2.75) is 133 Å². The third-order valence-corrected chi connectivity index (χ3v) is 17.3. The molecule has 2 aromatic carbocycles. The molecule has 3 aliphatic carbocycles. The maximum absolute atomic E-state index is 14.4. The van der Waals surface area contributed by atoms with Gasteiger partial charge in [0.25, 0.3) is 11.8 Å². The minimum absolute atomic E-state index is 0.104. The SMILES string of the molecule is CC(C)C[C@H]1C(=O)N2CCC[C@H]2[C@]2(O)O[C@](NC(=O)[C@@H]3C=C4c5cccc6[nH]c(Br)c(c56)C[C@H]4N(C)C3)(C(C)C)C(=O)N12.COc1ccc2c(c1)[C@]13CCCC[C@@H]1[C@H](C2)N(C)CC3. The second-order valence-electron chi connectivity index (χ2n) is 20.7. The maximum atomic E-state index is 14.4. The smallest absolute Gasteiger partial charge is 0.281 e. The first-order chi connectivity index (χ1) is 30.1. The Balaban J connectivity index is 0.000000195. The van der Waals surface area contributed by atoms with Gasteiger partial charge < -0.3 is 29.9 Å². The highest BCUT2D eigenvalue weighted by atomic mass is 79.9. The number of aromatic amines is 1. The molecule has 9 atom stereocenters. The Bertz CT molecular complexity index is 2380. The number of ether oxygens (including phenoxy) is 2. The van der Waals surface area contributed by atoms with Gasteiger partial charge in [-0.3, -0.25) is 28.9 Å². The molecule has 0 unspecified atom stereocenters. The summed E-state index contributed by atoms with van der Waals surface area (Å²) in [4.78, 5) is 53.4. The number of aliphatic hydroxyl groups is 1. The summed E-state index contributed by atoms with van der Waals surface area (Å²) in [6.45, 7) is 9.83. The van der Waals surface area contributed by atoms with Crippen LogP contribution in [0.2, 0.25) is 0 Å². The van der Waals surface area contributed by atoms with E-state index in [0.717, 1.165) is 51.8 Å². The molecule has 63 heavy (non-hydrogen) atoms. The molecule has 3 aromatic rings. The van der Waals surface area contributed by atoms with Crippen molar-refractivity contribution in [3.8, 4) is 5.75 Å². The van der Waals surface area contributed by atoms with E-state index in [1.54, 1.807) is 37.0 Å². The van der Waals surface area contributed by atoms with Crippen LogP contribution in [0.15, 0.2) is 47.1 Å². The van der Waals surface area contributed by atoms with Gasteiger partial charge in [0, 0.05) is 47.4 Å². The molecule has 13 heteroatoms. The Kier molecular flexibility index (Phi) is 10.8. The first kappa shape index (κ1) is 43.2. The fraction of sp³-hybridized carbons (Fsp3) is 0.620. The van der Waals surface area contributed by atoms with Crippen LogP contribution >= 0.6 is 15.9 Å². The molecule has 5 fully saturated rings. The number of methoxy groups -OCH3 is 1. The molecule has 338 valence electrons. The molecule has 11 rings (SSSR count). The van der Waals surface area contributed by atoms with E-state index in [0.29, 0.717) is 31.3 Å². The average molecular weight is 926 g/mol. The lowest BCUT2D eigenvalue weighted by Crippen LogP contribution is -2.71. The summed E-state index contributed by atoms with van der Waals surface area (Å²) in [6, 6.07) is 12.4. The molecule has 2 bridgehead atoms. The summed E-state index contributed by atoms with van der Waals surface area (Å²) in [5, 5.41) is 16.3. The number of benzene rings is 2. The number of piperazine rings is 1. The van der Waals surface area contributed by atoms with Crippen molar-refractivity contribution < 1.29 is 29.0 Å². The molecule has 4 saturated heterocycles. The van der Waals surface area contributed by atoms with Crippen molar-refractivity contribution >= 4 is 50.1 Å². The Morgan fingerprint density at radius 1 is 1.03 bits per heavy atom. The molecule has 6 heterocycles. The van der Waals surface area contributed by atoms with E-state index in [1.807, 2.05) is 33.0 Å². The number of amides is 3. The second-order valence-corrected chi connectivity index (χ2v) is 21.5. The zero-order valence-electron chi connectivity index (χ0n) is 38.0. The van der Waals surface area contributed by atoms with Crippen LogP contribution in [0.1, 0.15) is 101 Å². The van der Waals surface area contributed by atoms with E-state index < -0.39 is 41.5 Å². The van der Waals surface area contributed by atoms with Crippen LogP contribution in [0.3, 0.4) is 0 Å². The number of nitrogens with zero attached hydrogens (tertiary/aromatic N) is 4. The highest BCUT2D eigenvalue weighted by Crippen LogP contribution is 2.56. The number of fused-ring (bicyclic) bond motifs is 6. The number of rotatable bonds is 6. The highest BCUT2D eigenvalue weighted by molar-refractivity contribution is 9.10. The summed E-state index contributed by atoms with van der Waals surface area (Å²) in [7, 11) is 6.15. The third-order valence-electron chi connectivity index (χ3n) is 16.6. The predicted octanol–water partition coefficient (Wildman–Crippen LogP) is 6.58. The lowest BCUT2D eigenvalue weighted by atomic mass is 9.52. The van der Waals surface area contributed by atoms with Crippen molar-refractivity contribution in [1.29, 1.82) is 0 Å². The van der Waals surface area contributed by atoms with Gasteiger partial charge in [-0.25, -0.2) is 0 Å². The van der Waals surface area contributed by atoms with Crippen molar-refractivity contribution in [3.63, 3.8) is 0 Å². The van der Waals surface area contributed by atoms with Gasteiger partial charge in [-0.1, -0.05) is 64.8 Å². The lowest BCUT2D eigenvalue weighted by molar-refractivity contribution is -0.322. The van der Waals surface area contributed by atoms with Gasteiger partial charge in [0.05, 0.1) is 17.6 Å². The quantitative estimate of drug-likeness (QED) is 0.253. The number of likely N-dealkylation sites (N-methyl/N-ethyl adjacent to an activating group) is 2. The largest absolute Gasteiger partial charge is 0.497 e. The van der Waals surface area contributed by atoms with Crippen molar-refractivity contribution in [2.75, 3.05) is 40.8 Å². The van der Waals surface area contributed by atoms with Gasteiger partial charge in [-0.15, -0.1) is 0 Å². The summed E-state index contributed by atoms with van der Waals surface area (Å²) in [5.74, 6) is -2.10. The van der Waals surface area contributed by atoms with Crippen LogP contribution in [0, 0.1) is 23.7 Å². The number of likely N-dealkylation sites (tertiary alicyclic amines) is 1. The van der Waals surface area contributed by atoms with Gasteiger partial charge in [-0.2, -0.15) is 0 Å². The number of carbonyl (C=O) groups excluding carboxylic acids is 3. The van der Waals surface area contributed by atoms with E-state index in [1.165, 1.54) is 60.9 Å². The van der Waals surface area contributed by atoms with E-state index in [9.17, 15) is 19.5 Å². The minimum atomic E-state index is -2.01. The number of nitrogens with one attached hydrogen (secondary N) is 2. The summed E-state index contributed by atoms with van der Waals surface area (Å²) >= 11 is 3.70. The lowest BCUT2D eigenvalue weighted by Gasteiger charge is -2.58. The van der Waals surface area contributed by atoms with Crippen LogP contribution in [0.25, 0.3) is 16.5 Å². The zero-order valence-corrected chi connectivity index (χ0v) is 39.6. The fourth-order valence-corrected chi connectivity index (χ4v) is 14.0. The molecule has 1 aromatic heterocycles. The third kappa shape index (κ3) is 6.51. The predicted molar refractivity (Wildman–Crippen MR) is 246 cm³/mol. The Morgan fingerprint density at radius 2 is 1.84 bits per heavy atom. The van der Waals surface area contributed by atoms with Gasteiger partial charge in [0.1, 0.15) is 17.8 Å². The standard InChI is InChI=1S/C32H40BrN5O5.C18H25NO/c1-16(2)12-24-29(40)37-11-7-10-25(37)32(42)38(24)30(41)31(43-32,17(3)4)35-28(39)18-13-20-19-8-6-9-22-26(19)21(27(33)34-22)14-23(20)36(5)15-18;1-19-10-9-18-8-4-3-5-15(18)17(19)11-13-6-7-14(20-2)12-16(13)18/h6,8-9,13,16-18,23-25,34,42H,7,10-12,14-15H2,1-5H3,(H,35,39);6-7,12,15,17H,3-5,8-11H2,1-2H3/t18-,23-,24+,25+,31-,32+;15-,17+,18+/m11/s1. The van der Waals surface area contributed by atoms with Crippen molar-refractivity contribution in [3.05, 3.63) is 69.3 Å². The Morgan fingerprint density at radius 3 is 2.60 bits per heavy atom. The summed E-state index contributed by atoms with van der Waals surface area (Å²) in [5.41, 5.74) is 6.35. The molecule has 3 amide bonds. The van der Waals surface area contributed by atoms with Crippen LogP contribution in [-0.2, 0) is 37.4 Å². The Labute approximate surface area is 380 Å². The van der Waals surface area contributed by atoms with Crippen LogP contribution in [-0.4, -0.2) is 124 Å². The van der Waals surface area contributed by atoms with Gasteiger partial charge in [-0.05, 0) is 146 Å². The van der Waals surface area contributed by atoms with E-state index in [4.69, 9.17) is 9.47 Å². The van der Waals surface area contributed by atoms with Gasteiger partial charge in [0.15, 0.2) is 0 Å². The first-order valence-electron chi connectivity index (χ1n) is 23.6. The second kappa shape index (κ2) is 15.7. The van der Waals surface area contributed by atoms with E-state index in [2.05, 4.69) is 73.4 Å². The highest BCUT2D eigenvalue weighted by Gasteiger charge is 2.72. The molecule has 0 spiro atoms. The molecule has 12 nitrogen and oxygen atoms in total. The Hall–Kier alpha value is -3.75. The van der Waals surface area contributed by atoms with Crippen molar-refractivity contribution in [1.82, 2.24) is 29.9 Å². The maximum Gasteiger partial charge on any atom is 0.281 e. The number of halogens is 1. The van der Waals surface area contributed by atoms with Gasteiger partial charge >= 0.3 is 0 Å². The molecule has 1 saturated carbocycles. The zero-order chi connectivity index (χ0) is 44.3. The monoisotopic (exact) mass is 924 g/mol. The fourth-order valence-electron chi connectivity index (χ4n) is 13.5. The van der Waals surface area contributed by atoms with E-state index in [-0.39, 0.29) is 23.8 Å². The molecular weight excluding hydrogens is 860 g/mol. The van der Waals surface area contributed by atoms with Crippen LogP contribution in [0.5, 0.6) is 5.75 Å². The molecular formula is C50H65BrN6O6. The average Bonchev–Trinajstić information content (AvgIpc) is 3.95. The van der Waals surface area contributed by atoms with Crippen LogP contribution in [0.4, 0.5) is 0 Å². The van der Waals surface area contributed by atoms with Crippen LogP contribution < -0.4 is 10.1 Å². The molecule has 8 aliphatic rings. The van der Waals surface area contributed by atoms with Gasteiger partial charge in [0.2, 0.25) is 17.5 Å². The number of carbonyl (C=O) groups is 3. The molecule has 3 N–H and O–H groups in total. The number of piperidine rings is 1. The minimum Gasteiger partial charge on any atom is -0.497 e. The van der Waals surface area contributed by atoms with Crippen molar-refractivity contribution in [2.24, 2.45) is 23.7 Å². The number of H-pyrrole nitrogens is 1. The number of aromatic nitrogens is 1. The first-order valence-corrected chi connectivity index (χ1v) is 24.4. The molecule has 0 radical (unpaired) electrons. The summed E-state index contributed by atoms with van der Waals surface area (Å²) in [6.07, 6.45) is 12.7. The normalized spacial score (nSPS) is 34.5. The summed E-state index contributed by atoms with van der Waals surface area (Å²) < 4.78 is 12.9. The topological polar surface area (TPSA) is 131 Å². The molecule has 5 aliphatic heterocycles.